The lowest BCUT2D eigenvalue weighted by molar-refractivity contribution is 0.197. The van der Waals surface area contributed by atoms with Gasteiger partial charge in [-0.2, -0.15) is 0 Å². The number of rotatable bonds is 6. The molecule has 0 aliphatic heterocycles. The monoisotopic (exact) mass is 289 g/mol. The Morgan fingerprint density at radius 1 is 1.38 bits per heavy atom. The standard InChI is InChI=1S/C19H31NO/c1-6-12-20-18(16-8-7-11-19(16,3)4)15-9-10-17(21-5)14(2)13-15/h9-10,13,16,18,20H,6-8,11-12H2,1-5H3. The number of methoxy groups -OCH3 is 1. The summed E-state index contributed by atoms with van der Waals surface area (Å²) in [7, 11) is 1.74. The van der Waals surface area contributed by atoms with Gasteiger partial charge in [-0.15, -0.1) is 0 Å². The van der Waals surface area contributed by atoms with Crippen molar-refractivity contribution in [3.05, 3.63) is 29.3 Å². The molecule has 0 heterocycles. The van der Waals surface area contributed by atoms with E-state index in [-0.39, 0.29) is 0 Å². The lowest BCUT2D eigenvalue weighted by Crippen LogP contribution is -2.34. The van der Waals surface area contributed by atoms with E-state index in [4.69, 9.17) is 4.74 Å². The second kappa shape index (κ2) is 6.83. The Balaban J connectivity index is 2.29. The maximum Gasteiger partial charge on any atom is 0.121 e. The van der Waals surface area contributed by atoms with E-state index in [2.05, 4.69) is 51.2 Å². The van der Waals surface area contributed by atoms with Crippen molar-refractivity contribution in [2.45, 2.75) is 59.4 Å². The van der Waals surface area contributed by atoms with Crippen LogP contribution < -0.4 is 10.1 Å². The predicted molar refractivity (Wildman–Crippen MR) is 89.9 cm³/mol. The van der Waals surface area contributed by atoms with E-state index in [9.17, 15) is 0 Å². The fourth-order valence-corrected chi connectivity index (χ4v) is 3.86. The van der Waals surface area contributed by atoms with E-state index >= 15 is 0 Å². The van der Waals surface area contributed by atoms with Crippen LogP contribution in [0.2, 0.25) is 0 Å². The first-order chi connectivity index (χ1) is 9.99. The summed E-state index contributed by atoms with van der Waals surface area (Å²) in [6.07, 6.45) is 5.21. The van der Waals surface area contributed by atoms with Crippen LogP contribution in [-0.4, -0.2) is 13.7 Å². The summed E-state index contributed by atoms with van der Waals surface area (Å²) in [5, 5.41) is 3.81. The van der Waals surface area contributed by atoms with Crippen molar-refractivity contribution in [3.63, 3.8) is 0 Å². The molecule has 2 atom stereocenters. The summed E-state index contributed by atoms with van der Waals surface area (Å²) in [5.74, 6) is 1.70. The third-order valence-corrected chi connectivity index (χ3v) is 5.13. The molecule has 21 heavy (non-hydrogen) atoms. The number of benzene rings is 1. The van der Waals surface area contributed by atoms with E-state index in [1.807, 2.05) is 0 Å². The van der Waals surface area contributed by atoms with Crippen molar-refractivity contribution in [1.29, 1.82) is 0 Å². The van der Waals surface area contributed by atoms with E-state index in [1.54, 1.807) is 7.11 Å². The van der Waals surface area contributed by atoms with Crippen molar-refractivity contribution in [2.24, 2.45) is 11.3 Å². The highest BCUT2D eigenvalue weighted by molar-refractivity contribution is 5.37. The first-order valence-electron chi connectivity index (χ1n) is 8.37. The van der Waals surface area contributed by atoms with Gasteiger partial charge in [-0.1, -0.05) is 39.3 Å². The second-order valence-corrected chi connectivity index (χ2v) is 7.15. The molecule has 0 bridgehead atoms. The van der Waals surface area contributed by atoms with Gasteiger partial charge in [0.25, 0.3) is 0 Å². The molecule has 2 rings (SSSR count). The number of ether oxygens (including phenoxy) is 1. The van der Waals surface area contributed by atoms with Crippen LogP contribution in [0.25, 0.3) is 0 Å². The van der Waals surface area contributed by atoms with Gasteiger partial charge in [-0.05, 0) is 61.3 Å². The first kappa shape index (κ1) is 16.4. The van der Waals surface area contributed by atoms with Crippen LogP contribution in [0, 0.1) is 18.3 Å². The maximum atomic E-state index is 5.41. The molecule has 0 aromatic heterocycles. The highest BCUT2D eigenvalue weighted by Gasteiger charge is 2.39. The molecule has 1 aliphatic rings. The quantitative estimate of drug-likeness (QED) is 0.806. The molecular weight excluding hydrogens is 258 g/mol. The highest BCUT2D eigenvalue weighted by Crippen LogP contribution is 2.48. The molecule has 2 nitrogen and oxygen atoms in total. The summed E-state index contributed by atoms with van der Waals surface area (Å²) in [6, 6.07) is 7.13. The zero-order valence-corrected chi connectivity index (χ0v) is 14.3. The first-order valence-corrected chi connectivity index (χ1v) is 8.37. The van der Waals surface area contributed by atoms with Gasteiger partial charge in [0.05, 0.1) is 7.11 Å². The molecule has 1 aromatic rings. The third-order valence-electron chi connectivity index (χ3n) is 5.13. The molecule has 2 unspecified atom stereocenters. The summed E-state index contributed by atoms with van der Waals surface area (Å²) in [6.45, 7) is 10.3. The van der Waals surface area contributed by atoms with Crippen LogP contribution in [0.15, 0.2) is 18.2 Å². The average molecular weight is 289 g/mol. The summed E-state index contributed by atoms with van der Waals surface area (Å²) >= 11 is 0. The largest absolute Gasteiger partial charge is 0.496 e. The molecule has 0 spiro atoms. The zero-order valence-electron chi connectivity index (χ0n) is 14.3. The summed E-state index contributed by atoms with van der Waals surface area (Å²) < 4.78 is 5.41. The smallest absolute Gasteiger partial charge is 0.121 e. The summed E-state index contributed by atoms with van der Waals surface area (Å²) in [4.78, 5) is 0. The van der Waals surface area contributed by atoms with Crippen LogP contribution in [-0.2, 0) is 0 Å². The Morgan fingerprint density at radius 3 is 2.67 bits per heavy atom. The molecule has 1 aromatic carbocycles. The van der Waals surface area contributed by atoms with Gasteiger partial charge in [0, 0.05) is 6.04 Å². The molecule has 0 radical (unpaired) electrons. The number of hydrogen-bond acceptors (Lipinski definition) is 2. The molecule has 118 valence electrons. The van der Waals surface area contributed by atoms with Gasteiger partial charge in [-0.3, -0.25) is 0 Å². The van der Waals surface area contributed by atoms with E-state index in [0.29, 0.717) is 11.5 Å². The topological polar surface area (TPSA) is 21.3 Å². The minimum atomic E-state index is 0.430. The Bertz CT molecular complexity index is 467. The Hall–Kier alpha value is -1.02. The fraction of sp³-hybridized carbons (Fsp3) is 0.684. The van der Waals surface area contributed by atoms with Gasteiger partial charge in [0.15, 0.2) is 0 Å². The number of nitrogens with one attached hydrogen (secondary N) is 1. The fourth-order valence-electron chi connectivity index (χ4n) is 3.86. The van der Waals surface area contributed by atoms with Crippen molar-refractivity contribution < 1.29 is 4.74 Å². The Labute approximate surface area is 130 Å². The van der Waals surface area contributed by atoms with E-state index in [1.165, 1.54) is 36.8 Å². The van der Waals surface area contributed by atoms with E-state index in [0.717, 1.165) is 18.2 Å². The molecule has 0 amide bonds. The van der Waals surface area contributed by atoms with Crippen LogP contribution in [0.4, 0.5) is 0 Å². The minimum Gasteiger partial charge on any atom is -0.496 e. The molecule has 2 heteroatoms. The van der Waals surface area contributed by atoms with Gasteiger partial charge < -0.3 is 10.1 Å². The number of hydrogen-bond donors (Lipinski definition) is 1. The normalized spacial score (nSPS) is 22.2. The molecule has 1 aliphatic carbocycles. The van der Waals surface area contributed by atoms with Crippen molar-refractivity contribution in [2.75, 3.05) is 13.7 Å². The second-order valence-electron chi connectivity index (χ2n) is 7.15. The Morgan fingerprint density at radius 2 is 2.14 bits per heavy atom. The average Bonchev–Trinajstić information content (AvgIpc) is 2.79. The molecule has 1 N–H and O–H groups in total. The molecule has 0 saturated heterocycles. The highest BCUT2D eigenvalue weighted by atomic mass is 16.5. The lowest BCUT2D eigenvalue weighted by Gasteiger charge is -2.35. The van der Waals surface area contributed by atoms with Crippen molar-refractivity contribution >= 4 is 0 Å². The minimum absolute atomic E-state index is 0.430. The SMILES string of the molecule is CCCNC(c1ccc(OC)c(C)c1)C1CCCC1(C)C. The van der Waals surface area contributed by atoms with Gasteiger partial charge >= 0.3 is 0 Å². The summed E-state index contributed by atoms with van der Waals surface area (Å²) in [5.41, 5.74) is 3.08. The van der Waals surface area contributed by atoms with Crippen LogP contribution >= 0.6 is 0 Å². The zero-order chi connectivity index (χ0) is 15.5. The maximum absolute atomic E-state index is 5.41. The van der Waals surface area contributed by atoms with Gasteiger partial charge in [0.2, 0.25) is 0 Å². The van der Waals surface area contributed by atoms with Crippen LogP contribution in [0.3, 0.4) is 0 Å². The van der Waals surface area contributed by atoms with Crippen molar-refractivity contribution in [1.82, 2.24) is 5.32 Å². The van der Waals surface area contributed by atoms with Gasteiger partial charge in [-0.25, -0.2) is 0 Å². The third kappa shape index (κ3) is 3.60. The molecular formula is C19H31NO. The molecule has 1 saturated carbocycles. The van der Waals surface area contributed by atoms with Crippen molar-refractivity contribution in [3.8, 4) is 5.75 Å². The van der Waals surface area contributed by atoms with Crippen LogP contribution in [0.5, 0.6) is 5.75 Å². The van der Waals surface area contributed by atoms with E-state index < -0.39 is 0 Å². The number of aryl methyl sites for hydroxylation is 1. The van der Waals surface area contributed by atoms with Gasteiger partial charge in [0.1, 0.15) is 5.75 Å². The lowest BCUT2D eigenvalue weighted by atomic mass is 9.75. The van der Waals surface area contributed by atoms with Crippen LogP contribution in [0.1, 0.15) is 63.6 Å². The molecule has 1 fully saturated rings. The Kier molecular flexibility index (Phi) is 5.32. The predicted octanol–water partition coefficient (Wildman–Crippen LogP) is 4.87.